The summed E-state index contributed by atoms with van der Waals surface area (Å²) in [5.41, 5.74) is 2.08. The molecular formula is C21H15N7O2. The number of carbonyl (C=O) groups excluding carboxylic acids is 2. The van der Waals surface area contributed by atoms with E-state index in [0.717, 1.165) is 5.56 Å². The van der Waals surface area contributed by atoms with Gasteiger partial charge in [0.25, 0.3) is 5.91 Å². The van der Waals surface area contributed by atoms with Gasteiger partial charge in [-0.05, 0) is 23.8 Å². The van der Waals surface area contributed by atoms with Crippen molar-refractivity contribution in [2.24, 2.45) is 20.0 Å². The minimum Gasteiger partial charge on any atom is -0.306 e. The molecule has 0 fully saturated rings. The lowest BCUT2D eigenvalue weighted by Crippen LogP contribution is -2.30. The molecule has 4 rings (SSSR count). The van der Waals surface area contributed by atoms with E-state index in [1.807, 2.05) is 24.3 Å². The second-order valence-corrected chi connectivity index (χ2v) is 6.15. The lowest BCUT2D eigenvalue weighted by Gasteiger charge is -1.96. The van der Waals surface area contributed by atoms with E-state index in [1.165, 1.54) is 37.2 Å². The molecule has 0 atom stereocenters. The number of nitrogens with one attached hydrogen (secondary N) is 1. The fourth-order valence-corrected chi connectivity index (χ4v) is 2.73. The summed E-state index contributed by atoms with van der Waals surface area (Å²) in [6, 6.07) is 7.34. The summed E-state index contributed by atoms with van der Waals surface area (Å²) in [6.07, 6.45) is 12.0. The van der Waals surface area contributed by atoms with Gasteiger partial charge in [0.15, 0.2) is 5.49 Å². The molecule has 0 radical (unpaired) electrons. The first-order valence-electron chi connectivity index (χ1n) is 8.99. The number of aliphatic imine (C=N–C) groups is 3. The standard InChI is InChI=1S/C21H15N7O2/c29-17-6-2-7-22-11-14-4-1-5-15(10-14)25-12-16-18-19(24-9-3-8-23-17)26-13-27-20(18)28-21(16)30/h1-5,7-13H,6H2,(H,24,26,27,28,30)/b7-2-,9-3-,22-11-,23-8-,25-12-. The zero-order chi connectivity index (χ0) is 20.8. The molecule has 3 heterocycles. The maximum absolute atomic E-state index is 12.4. The smallest absolute Gasteiger partial charge is 0.259 e. The molecule has 2 bridgehead atoms. The van der Waals surface area contributed by atoms with Crippen molar-refractivity contribution in [3.63, 3.8) is 0 Å². The van der Waals surface area contributed by atoms with Gasteiger partial charge in [-0.25, -0.2) is 20.0 Å². The number of hydrogen-bond donors (Lipinski definition) is 1. The first-order chi connectivity index (χ1) is 14.7. The zero-order valence-corrected chi connectivity index (χ0v) is 15.6. The number of benzene rings is 1. The number of fused-ring (bicyclic) bond motifs is 2. The quantitative estimate of drug-likeness (QED) is 0.714. The summed E-state index contributed by atoms with van der Waals surface area (Å²) >= 11 is 0. The summed E-state index contributed by atoms with van der Waals surface area (Å²) in [5, 5.41) is 3.15. The van der Waals surface area contributed by atoms with Crippen LogP contribution in [-0.2, 0) is 9.59 Å². The van der Waals surface area contributed by atoms with Crippen molar-refractivity contribution in [2.45, 2.75) is 6.42 Å². The Morgan fingerprint density at radius 1 is 1.00 bits per heavy atom. The van der Waals surface area contributed by atoms with Crippen LogP contribution in [0.5, 0.6) is 0 Å². The Morgan fingerprint density at radius 2 is 1.93 bits per heavy atom. The van der Waals surface area contributed by atoms with Crippen molar-refractivity contribution < 1.29 is 9.59 Å². The average molecular weight is 397 g/mol. The van der Waals surface area contributed by atoms with Crippen LogP contribution in [0.2, 0.25) is 0 Å². The van der Waals surface area contributed by atoms with E-state index < -0.39 is 0 Å². The van der Waals surface area contributed by atoms with Gasteiger partial charge in [-0.1, -0.05) is 18.2 Å². The van der Waals surface area contributed by atoms with Gasteiger partial charge in [0, 0.05) is 37.5 Å². The van der Waals surface area contributed by atoms with Crippen LogP contribution < -0.4 is 16.0 Å². The van der Waals surface area contributed by atoms with Gasteiger partial charge in [-0.2, -0.15) is 0 Å². The third-order valence-corrected chi connectivity index (χ3v) is 4.08. The fourth-order valence-electron chi connectivity index (χ4n) is 2.73. The van der Waals surface area contributed by atoms with Crippen molar-refractivity contribution in [1.29, 1.82) is 0 Å². The summed E-state index contributed by atoms with van der Waals surface area (Å²) in [4.78, 5) is 49.0. The molecule has 1 aromatic heterocycles. The van der Waals surface area contributed by atoms with Crippen molar-refractivity contribution in [2.75, 3.05) is 5.32 Å². The van der Waals surface area contributed by atoms with Crippen LogP contribution in [0.3, 0.4) is 0 Å². The van der Waals surface area contributed by atoms with Crippen LogP contribution in [0, 0.1) is 0 Å². The molecule has 2 aliphatic rings. The fraction of sp³-hybridized carbons (Fsp3) is 0.0476. The Morgan fingerprint density at radius 3 is 2.87 bits per heavy atom. The highest BCUT2D eigenvalue weighted by atomic mass is 16.2. The van der Waals surface area contributed by atoms with Gasteiger partial charge in [-0.15, -0.1) is 0 Å². The highest BCUT2D eigenvalue weighted by molar-refractivity contribution is 6.40. The second kappa shape index (κ2) is 8.74. The van der Waals surface area contributed by atoms with Crippen LogP contribution in [0.1, 0.15) is 12.0 Å². The third-order valence-electron chi connectivity index (χ3n) is 4.08. The summed E-state index contributed by atoms with van der Waals surface area (Å²) in [7, 11) is 0. The molecule has 1 N–H and O–H groups in total. The van der Waals surface area contributed by atoms with Crippen LogP contribution >= 0.6 is 0 Å². The maximum atomic E-state index is 12.4. The van der Waals surface area contributed by atoms with E-state index >= 15 is 0 Å². The Hall–Kier alpha value is -4.40. The van der Waals surface area contributed by atoms with E-state index in [9.17, 15) is 9.59 Å². The molecule has 1 aromatic carbocycles. The number of allylic oxidation sites excluding steroid dienone is 1. The molecule has 2 aromatic rings. The number of amides is 2. The number of carbonyl (C=O) groups is 2. The summed E-state index contributed by atoms with van der Waals surface area (Å²) in [6.45, 7) is 0. The molecular weight excluding hydrogens is 382 g/mol. The largest absolute Gasteiger partial charge is 0.306 e. The van der Waals surface area contributed by atoms with Crippen molar-refractivity contribution in [3.8, 4) is 0 Å². The van der Waals surface area contributed by atoms with Gasteiger partial charge in [0.05, 0.1) is 16.5 Å². The third kappa shape index (κ3) is 4.36. The summed E-state index contributed by atoms with van der Waals surface area (Å²) < 4.78 is 0. The Balaban J connectivity index is 1.85. The Bertz CT molecular complexity index is 1290. The number of aromatic nitrogens is 2. The van der Waals surface area contributed by atoms with Gasteiger partial charge in [0.2, 0.25) is 5.91 Å². The molecule has 0 saturated heterocycles. The number of nitrogens with zero attached hydrogens (tertiary/aromatic N) is 6. The van der Waals surface area contributed by atoms with Crippen LogP contribution in [0.15, 0.2) is 75.1 Å². The maximum Gasteiger partial charge on any atom is 0.259 e. The molecule has 2 amide bonds. The van der Waals surface area contributed by atoms with Gasteiger partial charge in [0.1, 0.15) is 12.1 Å². The van der Waals surface area contributed by atoms with E-state index in [1.54, 1.807) is 12.3 Å². The van der Waals surface area contributed by atoms with Crippen molar-refractivity contribution in [1.82, 2.24) is 9.97 Å². The Kier molecular flexibility index (Phi) is 5.52. The predicted molar refractivity (Wildman–Crippen MR) is 113 cm³/mol. The van der Waals surface area contributed by atoms with Crippen molar-refractivity contribution in [3.05, 3.63) is 71.4 Å². The summed E-state index contributed by atoms with van der Waals surface area (Å²) in [5.74, 6) is -0.284. The highest BCUT2D eigenvalue weighted by Crippen LogP contribution is 2.14. The topological polar surface area (TPSA) is 121 Å². The van der Waals surface area contributed by atoms with Crippen LogP contribution in [0.25, 0.3) is 5.57 Å². The van der Waals surface area contributed by atoms with Crippen LogP contribution in [0.4, 0.5) is 11.5 Å². The van der Waals surface area contributed by atoms with Gasteiger partial charge < -0.3 is 5.32 Å². The molecule has 30 heavy (non-hydrogen) atoms. The predicted octanol–water partition coefficient (Wildman–Crippen LogP) is 1.05. The first kappa shape index (κ1) is 18.9. The zero-order valence-electron chi connectivity index (χ0n) is 15.6. The average Bonchev–Trinajstić information content (AvgIpc) is 3.07. The molecule has 0 aliphatic carbocycles. The van der Waals surface area contributed by atoms with Gasteiger partial charge >= 0.3 is 0 Å². The van der Waals surface area contributed by atoms with Gasteiger partial charge in [-0.3, -0.25) is 19.6 Å². The Labute approximate surface area is 170 Å². The normalized spacial score (nSPS) is 22.3. The molecule has 9 nitrogen and oxygen atoms in total. The van der Waals surface area contributed by atoms with E-state index in [2.05, 4.69) is 35.3 Å². The first-order valence-corrected chi connectivity index (χ1v) is 8.99. The SMILES string of the molecule is O=C1C/C=C\N=C/c2cccc(c2)/N=C\C2=c3c(ncn/c3=N/C=C\C=N/1)NC2=O. The molecule has 0 saturated carbocycles. The monoisotopic (exact) mass is 397 g/mol. The minimum atomic E-state index is -0.337. The van der Waals surface area contributed by atoms with Crippen molar-refractivity contribution >= 4 is 47.5 Å². The number of rotatable bonds is 0. The molecule has 146 valence electrons. The van der Waals surface area contributed by atoms with E-state index in [-0.39, 0.29) is 18.2 Å². The van der Waals surface area contributed by atoms with E-state index in [0.29, 0.717) is 27.8 Å². The molecule has 0 unspecified atom stereocenters. The minimum absolute atomic E-state index is 0.134. The van der Waals surface area contributed by atoms with Crippen LogP contribution in [-0.4, -0.2) is 40.4 Å². The lowest BCUT2D eigenvalue weighted by atomic mass is 10.2. The number of anilines is 1. The van der Waals surface area contributed by atoms with E-state index in [4.69, 9.17) is 0 Å². The molecule has 2 aliphatic heterocycles. The molecule has 0 spiro atoms. The lowest BCUT2D eigenvalue weighted by molar-refractivity contribution is -0.117. The number of hydrogen-bond acceptors (Lipinski definition) is 7. The second-order valence-electron chi connectivity index (χ2n) is 6.15. The molecule has 9 heteroatoms. The highest BCUT2D eigenvalue weighted by Gasteiger charge is 2.21.